The minimum atomic E-state index is -1.04. The molecule has 0 aliphatic carbocycles. The van der Waals surface area contributed by atoms with Crippen LogP contribution in [0.4, 0.5) is 5.69 Å². The average Bonchev–Trinajstić information content (AvgIpc) is 2.87. The largest absolute Gasteiger partial charge is 0.481 e. The second kappa shape index (κ2) is 13.2. The van der Waals surface area contributed by atoms with E-state index in [0.29, 0.717) is 30.5 Å². The van der Waals surface area contributed by atoms with Crippen LogP contribution in [0.15, 0.2) is 29.3 Å². The van der Waals surface area contributed by atoms with Gasteiger partial charge in [-0.1, -0.05) is 13.8 Å². The summed E-state index contributed by atoms with van der Waals surface area (Å²) in [5, 5.41) is 17.6. The highest BCUT2D eigenvalue weighted by molar-refractivity contribution is 6.01. The van der Waals surface area contributed by atoms with E-state index in [2.05, 4.69) is 20.9 Å². The molecule has 1 saturated heterocycles. The highest BCUT2D eigenvalue weighted by atomic mass is 16.4. The van der Waals surface area contributed by atoms with Gasteiger partial charge in [-0.05, 0) is 30.7 Å². The van der Waals surface area contributed by atoms with Gasteiger partial charge in [0.15, 0.2) is 5.96 Å². The molecule has 36 heavy (non-hydrogen) atoms. The summed E-state index contributed by atoms with van der Waals surface area (Å²) in [5.41, 5.74) is 6.68. The van der Waals surface area contributed by atoms with Gasteiger partial charge in [0.1, 0.15) is 18.5 Å². The second-order valence-corrected chi connectivity index (χ2v) is 8.07. The Labute approximate surface area is 209 Å². The van der Waals surface area contributed by atoms with E-state index in [1.807, 2.05) is 13.8 Å². The van der Waals surface area contributed by atoms with E-state index in [9.17, 15) is 24.0 Å². The molecule has 1 aromatic carbocycles. The zero-order valence-corrected chi connectivity index (χ0v) is 20.5. The number of fused-ring (bicyclic) bond motifs is 1. The van der Waals surface area contributed by atoms with Gasteiger partial charge in [-0.2, -0.15) is 0 Å². The van der Waals surface area contributed by atoms with Gasteiger partial charge in [0.25, 0.3) is 11.8 Å². The zero-order chi connectivity index (χ0) is 26.8. The Hall–Kier alpha value is -4.00. The van der Waals surface area contributed by atoms with Crippen LogP contribution in [0.1, 0.15) is 37.0 Å². The number of piperazine rings is 1. The topological polar surface area (TPSA) is 187 Å². The van der Waals surface area contributed by atoms with E-state index in [1.165, 1.54) is 16.8 Å². The molecule has 0 saturated carbocycles. The number of hydrogen-bond donors (Lipinski definition) is 5. The lowest BCUT2D eigenvalue weighted by Gasteiger charge is -2.43. The highest BCUT2D eigenvalue weighted by Crippen LogP contribution is 2.17. The van der Waals surface area contributed by atoms with Crippen molar-refractivity contribution in [2.45, 2.75) is 51.0 Å². The minimum Gasteiger partial charge on any atom is -0.481 e. The van der Waals surface area contributed by atoms with Gasteiger partial charge in [-0.3, -0.25) is 29.8 Å². The van der Waals surface area contributed by atoms with Gasteiger partial charge in [0.05, 0.1) is 6.04 Å². The molecule has 1 aromatic rings. The summed E-state index contributed by atoms with van der Waals surface area (Å²) < 4.78 is 0. The van der Waals surface area contributed by atoms with Crippen molar-refractivity contribution in [3.63, 3.8) is 0 Å². The maximum atomic E-state index is 12.7. The lowest BCUT2D eigenvalue weighted by molar-refractivity contribution is -0.137. The first-order valence-corrected chi connectivity index (χ1v) is 11.6. The van der Waals surface area contributed by atoms with Gasteiger partial charge in [0.2, 0.25) is 6.41 Å². The fourth-order valence-electron chi connectivity index (χ4n) is 3.90. The average molecular weight is 504 g/mol. The standard InChI is InChI=1S/C21H27N7O6.C2H6/c1-27(15(10-29)6-7-16(31)32)20(34)12-2-4-13(5-3-12)23-8-14-9-28(11-30)17-18(24-14)25-21(22)26-19(17)33;1-2/h2-5,10-11,14-15,17-18,23-24H,6-9H2,1H3,(H,31,32)(H3,22,25,26,33);1-2H3. The number of carbonyl (C=O) groups is 5. The molecule has 2 aliphatic rings. The van der Waals surface area contributed by atoms with Crippen LogP contribution in [-0.2, 0) is 19.2 Å². The van der Waals surface area contributed by atoms with Crippen LogP contribution in [0.3, 0.4) is 0 Å². The number of nitrogens with one attached hydrogen (secondary N) is 3. The number of anilines is 1. The summed E-state index contributed by atoms with van der Waals surface area (Å²) in [4.78, 5) is 65.1. The number of hydrogen-bond acceptors (Lipinski definition) is 9. The zero-order valence-electron chi connectivity index (χ0n) is 20.5. The Balaban J connectivity index is 0.00000222. The predicted octanol–water partition coefficient (Wildman–Crippen LogP) is -0.802. The summed E-state index contributed by atoms with van der Waals surface area (Å²) >= 11 is 0. The van der Waals surface area contributed by atoms with Crippen molar-refractivity contribution in [3.8, 4) is 0 Å². The Morgan fingerprint density at radius 2 is 1.97 bits per heavy atom. The summed E-state index contributed by atoms with van der Waals surface area (Å²) in [7, 11) is 1.46. The van der Waals surface area contributed by atoms with Crippen LogP contribution >= 0.6 is 0 Å². The van der Waals surface area contributed by atoms with Crippen molar-refractivity contribution < 1.29 is 29.1 Å². The summed E-state index contributed by atoms with van der Waals surface area (Å²) in [5.74, 6) is -1.84. The van der Waals surface area contributed by atoms with E-state index >= 15 is 0 Å². The fourth-order valence-corrected chi connectivity index (χ4v) is 3.90. The number of benzene rings is 1. The van der Waals surface area contributed by atoms with Crippen LogP contribution in [0.2, 0.25) is 0 Å². The third-order valence-electron chi connectivity index (χ3n) is 5.74. The highest BCUT2D eigenvalue weighted by Gasteiger charge is 2.42. The van der Waals surface area contributed by atoms with E-state index in [1.54, 1.807) is 24.3 Å². The van der Waals surface area contributed by atoms with Gasteiger partial charge >= 0.3 is 5.97 Å². The van der Waals surface area contributed by atoms with E-state index in [4.69, 9.17) is 10.8 Å². The number of aldehydes is 1. The number of nitrogens with two attached hydrogens (primary N) is 1. The molecule has 2 heterocycles. The van der Waals surface area contributed by atoms with Crippen molar-refractivity contribution >= 4 is 42.1 Å². The third kappa shape index (κ3) is 7.01. The number of likely N-dealkylation sites (N-methyl/N-ethyl adjacent to an activating group) is 1. The number of carboxylic acid groups (broad SMARTS) is 1. The number of aliphatic carboxylic acids is 1. The lowest BCUT2D eigenvalue weighted by atomic mass is 10.0. The molecule has 0 bridgehead atoms. The lowest BCUT2D eigenvalue weighted by Crippen LogP contribution is -2.70. The van der Waals surface area contributed by atoms with Crippen molar-refractivity contribution in [2.24, 2.45) is 10.7 Å². The first-order chi connectivity index (χ1) is 17.2. The van der Waals surface area contributed by atoms with E-state index < -0.39 is 36.0 Å². The number of aliphatic imine (C=N–C) groups is 1. The molecule has 2 aliphatic heterocycles. The molecule has 13 nitrogen and oxygen atoms in total. The summed E-state index contributed by atoms with van der Waals surface area (Å²) in [6.07, 6.45) is 0.343. The Morgan fingerprint density at radius 1 is 1.31 bits per heavy atom. The Morgan fingerprint density at radius 3 is 2.56 bits per heavy atom. The molecule has 4 atom stereocenters. The number of guanidine groups is 1. The molecular formula is C23H33N7O6. The van der Waals surface area contributed by atoms with Gasteiger partial charge in [-0.15, -0.1) is 0 Å². The number of nitrogens with zero attached hydrogens (tertiary/aromatic N) is 3. The molecule has 3 rings (SSSR count). The molecule has 6 N–H and O–H groups in total. The van der Waals surface area contributed by atoms with E-state index in [0.717, 1.165) is 0 Å². The monoisotopic (exact) mass is 503 g/mol. The predicted molar refractivity (Wildman–Crippen MR) is 132 cm³/mol. The summed E-state index contributed by atoms with van der Waals surface area (Å²) in [6.45, 7) is 4.69. The minimum absolute atomic E-state index is 0.0109. The van der Waals surface area contributed by atoms with E-state index in [-0.39, 0.29) is 31.4 Å². The van der Waals surface area contributed by atoms with Crippen LogP contribution in [0.25, 0.3) is 0 Å². The number of carboxylic acids is 1. The van der Waals surface area contributed by atoms with Crippen LogP contribution in [0.5, 0.6) is 0 Å². The number of amides is 3. The summed E-state index contributed by atoms with van der Waals surface area (Å²) in [6, 6.07) is 4.76. The Kier molecular flexibility index (Phi) is 10.3. The quantitative estimate of drug-likeness (QED) is 0.255. The van der Waals surface area contributed by atoms with Crippen molar-refractivity contribution in [3.05, 3.63) is 29.8 Å². The molecule has 0 radical (unpaired) electrons. The first-order valence-electron chi connectivity index (χ1n) is 11.6. The van der Waals surface area contributed by atoms with Gasteiger partial charge < -0.3 is 30.8 Å². The normalized spacial score (nSPS) is 21.4. The number of rotatable bonds is 10. The van der Waals surface area contributed by atoms with Gasteiger partial charge in [0, 0.05) is 43.9 Å². The van der Waals surface area contributed by atoms with Gasteiger partial charge in [-0.25, -0.2) is 4.99 Å². The Bertz CT molecular complexity index is 984. The smallest absolute Gasteiger partial charge is 0.303 e. The molecule has 4 unspecified atom stereocenters. The second-order valence-electron chi connectivity index (χ2n) is 8.07. The molecule has 196 valence electrons. The fraction of sp³-hybridized carbons (Fsp3) is 0.478. The SMILES string of the molecule is CC.CN(C(=O)c1ccc(NCC2CN(C=O)C3C(=O)NC(N)=NC3N2)cc1)C(C=O)CCC(=O)O. The maximum Gasteiger partial charge on any atom is 0.303 e. The van der Waals surface area contributed by atoms with Crippen LogP contribution in [0, 0.1) is 0 Å². The van der Waals surface area contributed by atoms with Crippen LogP contribution in [-0.4, -0.2) is 95.8 Å². The maximum absolute atomic E-state index is 12.7. The molecule has 0 aromatic heterocycles. The molecular weight excluding hydrogens is 470 g/mol. The van der Waals surface area contributed by atoms with Crippen molar-refractivity contribution in [1.82, 2.24) is 20.4 Å². The molecule has 1 fully saturated rings. The first kappa shape index (κ1) is 28.2. The number of carbonyl (C=O) groups excluding carboxylic acids is 4. The third-order valence-corrected chi connectivity index (χ3v) is 5.74. The molecule has 13 heteroatoms. The van der Waals surface area contributed by atoms with Crippen molar-refractivity contribution in [2.75, 3.05) is 25.5 Å². The molecule has 0 spiro atoms. The van der Waals surface area contributed by atoms with Crippen LogP contribution < -0.4 is 21.7 Å². The van der Waals surface area contributed by atoms with Crippen molar-refractivity contribution in [1.29, 1.82) is 0 Å². The molecule has 3 amide bonds.